The number of Topliss-reactive ketones (excluding diaryl/α,β-unsaturated/α-hetero) is 1. The Morgan fingerprint density at radius 3 is 2.23 bits per heavy atom. The van der Waals surface area contributed by atoms with E-state index in [1.807, 2.05) is 48.2 Å². The van der Waals surface area contributed by atoms with Crippen LogP contribution in [0, 0.1) is 0 Å². The highest BCUT2D eigenvalue weighted by Crippen LogP contribution is 2.42. The van der Waals surface area contributed by atoms with E-state index in [4.69, 9.17) is 26.4 Å². The third kappa shape index (κ3) is 4.37. The zero-order chi connectivity index (χ0) is 22.5. The highest BCUT2D eigenvalue weighted by molar-refractivity contribution is 7.80. The van der Waals surface area contributed by atoms with Crippen molar-refractivity contribution in [2.24, 2.45) is 0 Å². The van der Waals surface area contributed by atoms with Crippen LogP contribution in [0.2, 0.25) is 0 Å². The van der Waals surface area contributed by atoms with Crippen LogP contribution >= 0.6 is 12.2 Å². The first-order valence-electron chi connectivity index (χ1n) is 10.1. The Morgan fingerprint density at radius 2 is 1.65 bits per heavy atom. The van der Waals surface area contributed by atoms with Gasteiger partial charge in [-0.25, -0.2) is 0 Å². The lowest BCUT2D eigenvalue weighted by atomic mass is 9.88. The Morgan fingerprint density at radius 1 is 1.03 bits per heavy atom. The van der Waals surface area contributed by atoms with Crippen LogP contribution in [0.1, 0.15) is 42.2 Å². The van der Waals surface area contributed by atoms with E-state index < -0.39 is 6.04 Å². The molecule has 31 heavy (non-hydrogen) atoms. The van der Waals surface area contributed by atoms with Gasteiger partial charge in [-0.2, -0.15) is 0 Å². The number of ether oxygens (including phenoxy) is 3. The molecule has 0 fully saturated rings. The van der Waals surface area contributed by atoms with Crippen molar-refractivity contribution in [1.82, 2.24) is 10.2 Å². The standard InChI is InChI=1S/C24H28N2O4S/c1-6-12-26-15(2)21(23(27)16-10-8-7-9-11-16)22(25-24(26)31)17-13-19(29-4)20(30-5)14-18(17)28-3/h7-11,13-14,22H,6,12H2,1-5H3,(H,25,31). The normalized spacial score (nSPS) is 16.1. The minimum absolute atomic E-state index is 0.0592. The number of ketones is 1. The summed E-state index contributed by atoms with van der Waals surface area (Å²) in [5.74, 6) is 1.61. The van der Waals surface area contributed by atoms with Gasteiger partial charge in [0.25, 0.3) is 0 Å². The van der Waals surface area contributed by atoms with E-state index >= 15 is 0 Å². The molecule has 0 saturated carbocycles. The van der Waals surface area contributed by atoms with Gasteiger partial charge in [0.1, 0.15) is 5.75 Å². The Labute approximate surface area is 188 Å². The van der Waals surface area contributed by atoms with Gasteiger partial charge in [-0.05, 0) is 31.6 Å². The summed E-state index contributed by atoms with van der Waals surface area (Å²) in [6, 6.07) is 12.4. The number of carbonyl (C=O) groups is 1. The van der Waals surface area contributed by atoms with Crippen molar-refractivity contribution in [3.05, 3.63) is 64.9 Å². The monoisotopic (exact) mass is 440 g/mol. The lowest BCUT2D eigenvalue weighted by Crippen LogP contribution is -2.48. The van der Waals surface area contributed by atoms with Gasteiger partial charge in [0.2, 0.25) is 0 Å². The average Bonchev–Trinajstić information content (AvgIpc) is 2.80. The molecule has 1 aliphatic rings. The SMILES string of the molecule is CCCN1C(=S)NC(c2cc(OC)c(OC)cc2OC)C(C(=O)c2ccccc2)=C1C. The molecule has 0 saturated heterocycles. The number of hydrogen-bond acceptors (Lipinski definition) is 5. The van der Waals surface area contributed by atoms with Crippen molar-refractivity contribution < 1.29 is 19.0 Å². The van der Waals surface area contributed by atoms with E-state index in [2.05, 4.69) is 12.2 Å². The second kappa shape index (κ2) is 9.83. The number of benzene rings is 2. The first kappa shape index (κ1) is 22.6. The second-order valence-corrected chi connectivity index (χ2v) is 7.56. The molecule has 2 aromatic carbocycles. The topological polar surface area (TPSA) is 60.0 Å². The maximum atomic E-state index is 13.7. The second-order valence-electron chi connectivity index (χ2n) is 7.18. The molecule has 1 N–H and O–H groups in total. The zero-order valence-corrected chi connectivity index (χ0v) is 19.3. The molecule has 0 amide bonds. The van der Waals surface area contributed by atoms with E-state index in [0.29, 0.717) is 33.5 Å². The molecule has 0 bridgehead atoms. The summed E-state index contributed by atoms with van der Waals surface area (Å²) < 4.78 is 16.6. The number of thiocarbonyl (C=S) groups is 1. The predicted molar refractivity (Wildman–Crippen MR) is 125 cm³/mol. The van der Waals surface area contributed by atoms with Gasteiger partial charge < -0.3 is 24.4 Å². The van der Waals surface area contributed by atoms with E-state index in [0.717, 1.165) is 24.2 Å². The van der Waals surface area contributed by atoms with Crippen molar-refractivity contribution in [3.8, 4) is 17.2 Å². The van der Waals surface area contributed by atoms with Crippen molar-refractivity contribution in [3.63, 3.8) is 0 Å². The summed E-state index contributed by atoms with van der Waals surface area (Å²) in [5, 5.41) is 3.94. The first-order valence-corrected chi connectivity index (χ1v) is 10.6. The fourth-order valence-electron chi connectivity index (χ4n) is 3.83. The number of hydrogen-bond donors (Lipinski definition) is 1. The van der Waals surface area contributed by atoms with Crippen LogP contribution in [-0.4, -0.2) is 43.7 Å². The number of methoxy groups -OCH3 is 3. The number of nitrogens with zero attached hydrogens (tertiary/aromatic N) is 1. The molecule has 0 radical (unpaired) electrons. The molecule has 6 nitrogen and oxygen atoms in total. The first-order chi connectivity index (χ1) is 15.0. The van der Waals surface area contributed by atoms with Crippen molar-refractivity contribution >= 4 is 23.1 Å². The highest BCUT2D eigenvalue weighted by Gasteiger charge is 2.36. The van der Waals surface area contributed by atoms with Crippen molar-refractivity contribution in [2.45, 2.75) is 26.3 Å². The van der Waals surface area contributed by atoms with Gasteiger partial charge >= 0.3 is 0 Å². The summed E-state index contributed by atoms with van der Waals surface area (Å²) in [7, 11) is 4.74. The number of allylic oxidation sites excluding steroid dienone is 1. The molecule has 7 heteroatoms. The van der Waals surface area contributed by atoms with E-state index in [1.54, 1.807) is 27.4 Å². The average molecular weight is 441 g/mol. The Balaban J connectivity index is 2.22. The van der Waals surface area contributed by atoms with Gasteiger partial charge in [-0.15, -0.1) is 0 Å². The van der Waals surface area contributed by atoms with Crippen LogP contribution in [0.25, 0.3) is 0 Å². The Kier molecular flexibility index (Phi) is 7.17. The maximum absolute atomic E-state index is 13.7. The lowest BCUT2D eigenvalue weighted by Gasteiger charge is -2.38. The summed E-state index contributed by atoms with van der Waals surface area (Å²) >= 11 is 5.66. The molecule has 0 spiro atoms. The quantitative estimate of drug-likeness (QED) is 0.479. The predicted octanol–water partition coefficient (Wildman–Crippen LogP) is 4.51. The van der Waals surface area contributed by atoms with Gasteiger partial charge in [0.15, 0.2) is 22.4 Å². The summed E-state index contributed by atoms with van der Waals surface area (Å²) in [6.45, 7) is 4.75. The molecule has 3 rings (SSSR count). The van der Waals surface area contributed by atoms with Gasteiger partial charge in [0, 0.05) is 35.0 Å². The number of nitrogens with one attached hydrogen (secondary N) is 1. The van der Waals surface area contributed by atoms with Crippen molar-refractivity contribution in [2.75, 3.05) is 27.9 Å². The van der Waals surface area contributed by atoms with Gasteiger partial charge in [-0.1, -0.05) is 37.3 Å². The van der Waals surface area contributed by atoms with Gasteiger partial charge in [0.05, 0.1) is 27.4 Å². The third-order valence-electron chi connectivity index (χ3n) is 5.37. The van der Waals surface area contributed by atoms with E-state index in [-0.39, 0.29) is 5.78 Å². The summed E-state index contributed by atoms with van der Waals surface area (Å²) in [4.78, 5) is 15.6. The molecule has 0 aromatic heterocycles. The molecular formula is C24H28N2O4S. The smallest absolute Gasteiger partial charge is 0.193 e. The van der Waals surface area contributed by atoms with Crippen LogP contribution in [0.3, 0.4) is 0 Å². The third-order valence-corrected chi connectivity index (χ3v) is 5.71. The summed E-state index contributed by atoms with van der Waals surface area (Å²) in [5.41, 5.74) is 2.82. The largest absolute Gasteiger partial charge is 0.496 e. The van der Waals surface area contributed by atoms with Crippen LogP contribution in [0.5, 0.6) is 17.2 Å². The molecule has 1 aliphatic heterocycles. The van der Waals surface area contributed by atoms with Crippen molar-refractivity contribution in [1.29, 1.82) is 0 Å². The van der Waals surface area contributed by atoms with Crippen LogP contribution in [0.15, 0.2) is 53.7 Å². The molecule has 1 heterocycles. The van der Waals surface area contributed by atoms with Gasteiger partial charge in [-0.3, -0.25) is 4.79 Å². The highest BCUT2D eigenvalue weighted by atomic mass is 32.1. The number of rotatable bonds is 8. The minimum atomic E-state index is -0.497. The molecule has 164 valence electrons. The molecule has 0 aliphatic carbocycles. The maximum Gasteiger partial charge on any atom is 0.193 e. The lowest BCUT2D eigenvalue weighted by molar-refractivity contribution is 0.102. The summed E-state index contributed by atoms with van der Waals surface area (Å²) in [6.07, 6.45) is 0.899. The molecule has 1 atom stereocenters. The van der Waals surface area contributed by atoms with E-state index in [9.17, 15) is 4.79 Å². The molecule has 2 aromatic rings. The number of carbonyl (C=O) groups excluding carboxylic acids is 1. The zero-order valence-electron chi connectivity index (χ0n) is 18.5. The minimum Gasteiger partial charge on any atom is -0.496 e. The Hall–Kier alpha value is -3.06. The Bertz CT molecular complexity index is 1000. The fourth-order valence-corrected chi connectivity index (χ4v) is 4.17. The molecular weight excluding hydrogens is 412 g/mol. The fraction of sp³-hybridized carbons (Fsp3) is 0.333. The van der Waals surface area contributed by atoms with Crippen LogP contribution < -0.4 is 19.5 Å². The van der Waals surface area contributed by atoms with Crippen LogP contribution in [-0.2, 0) is 0 Å². The van der Waals surface area contributed by atoms with Crippen LogP contribution in [0.4, 0.5) is 0 Å². The van der Waals surface area contributed by atoms with E-state index in [1.165, 1.54) is 0 Å². The molecule has 1 unspecified atom stereocenters.